The van der Waals surface area contributed by atoms with Crippen molar-refractivity contribution in [1.29, 1.82) is 0 Å². The van der Waals surface area contributed by atoms with Gasteiger partial charge in [-0.3, -0.25) is 4.79 Å². The summed E-state index contributed by atoms with van der Waals surface area (Å²) in [4.78, 5) is 11.9. The van der Waals surface area contributed by atoms with Gasteiger partial charge in [-0.15, -0.1) is 0 Å². The molecule has 1 fully saturated rings. The molecule has 116 valence electrons. The average Bonchev–Trinajstić information content (AvgIpc) is 2.53. The molecule has 1 saturated heterocycles. The fourth-order valence-electron chi connectivity index (χ4n) is 2.26. The van der Waals surface area contributed by atoms with E-state index in [1.807, 2.05) is 0 Å². The van der Waals surface area contributed by atoms with Crippen molar-refractivity contribution in [3.63, 3.8) is 0 Å². The topological polar surface area (TPSA) is 47.6 Å². The second-order valence-electron chi connectivity index (χ2n) is 5.19. The minimum atomic E-state index is -0.266. The lowest BCUT2D eigenvalue weighted by Gasteiger charge is -2.21. The predicted molar refractivity (Wildman–Crippen MR) is 77.7 cm³/mol. The molecular weight excluding hydrogens is 273 g/mol. The van der Waals surface area contributed by atoms with Crippen molar-refractivity contribution >= 4 is 5.91 Å². The molecule has 0 aromatic heterocycles. The van der Waals surface area contributed by atoms with Crippen LogP contribution in [0.25, 0.3) is 0 Å². The van der Waals surface area contributed by atoms with Gasteiger partial charge in [0, 0.05) is 25.7 Å². The third-order valence-electron chi connectivity index (χ3n) is 3.54. The zero-order chi connectivity index (χ0) is 14.9. The number of ether oxygens (including phenoxy) is 2. The van der Waals surface area contributed by atoms with Gasteiger partial charge >= 0.3 is 0 Å². The Labute approximate surface area is 124 Å². The minimum Gasteiger partial charge on any atom is -0.494 e. The third-order valence-corrected chi connectivity index (χ3v) is 3.54. The van der Waals surface area contributed by atoms with Crippen LogP contribution in [0, 0.1) is 11.7 Å². The molecule has 1 aliphatic heterocycles. The van der Waals surface area contributed by atoms with E-state index in [1.54, 1.807) is 12.1 Å². The molecular formula is C16H22FNO3. The van der Waals surface area contributed by atoms with E-state index in [4.69, 9.17) is 9.47 Å². The van der Waals surface area contributed by atoms with Gasteiger partial charge in [-0.05, 0) is 49.9 Å². The van der Waals surface area contributed by atoms with E-state index in [1.165, 1.54) is 12.1 Å². The normalized spacial score (nSPS) is 15.7. The van der Waals surface area contributed by atoms with Crippen LogP contribution < -0.4 is 10.1 Å². The first-order valence-electron chi connectivity index (χ1n) is 7.49. The van der Waals surface area contributed by atoms with Crippen molar-refractivity contribution in [3.8, 4) is 5.75 Å². The number of benzene rings is 1. The van der Waals surface area contributed by atoms with Gasteiger partial charge in [0.1, 0.15) is 11.6 Å². The lowest BCUT2D eigenvalue weighted by atomic mass is 9.99. The summed E-state index contributed by atoms with van der Waals surface area (Å²) in [5, 5.41) is 2.96. The molecule has 0 unspecified atom stereocenters. The van der Waals surface area contributed by atoms with E-state index in [9.17, 15) is 9.18 Å². The van der Waals surface area contributed by atoms with Gasteiger partial charge in [0.05, 0.1) is 6.61 Å². The maximum atomic E-state index is 12.7. The zero-order valence-corrected chi connectivity index (χ0v) is 12.1. The summed E-state index contributed by atoms with van der Waals surface area (Å²) in [6, 6.07) is 5.98. The molecule has 0 bridgehead atoms. The van der Waals surface area contributed by atoms with Crippen LogP contribution in [-0.4, -0.2) is 32.3 Å². The molecule has 1 heterocycles. The summed E-state index contributed by atoms with van der Waals surface area (Å²) in [5.41, 5.74) is 0. The van der Waals surface area contributed by atoms with Crippen molar-refractivity contribution in [3.05, 3.63) is 30.1 Å². The van der Waals surface area contributed by atoms with Crippen molar-refractivity contribution < 1.29 is 18.7 Å². The molecule has 0 aliphatic carbocycles. The van der Waals surface area contributed by atoms with Gasteiger partial charge in [0.2, 0.25) is 5.91 Å². The summed E-state index contributed by atoms with van der Waals surface area (Å²) in [6.07, 6.45) is 3.36. The van der Waals surface area contributed by atoms with E-state index < -0.39 is 0 Å². The van der Waals surface area contributed by atoms with Crippen LogP contribution in [0.2, 0.25) is 0 Å². The Kier molecular flexibility index (Phi) is 6.47. The molecule has 21 heavy (non-hydrogen) atoms. The molecule has 2 rings (SSSR count). The van der Waals surface area contributed by atoms with Crippen LogP contribution >= 0.6 is 0 Å². The molecule has 5 heteroatoms. The quantitative estimate of drug-likeness (QED) is 0.786. The van der Waals surface area contributed by atoms with E-state index in [0.717, 1.165) is 25.7 Å². The Bertz CT molecular complexity index is 430. The fourth-order valence-corrected chi connectivity index (χ4v) is 2.26. The van der Waals surface area contributed by atoms with Crippen LogP contribution in [0.15, 0.2) is 24.3 Å². The molecule has 0 saturated carbocycles. The average molecular weight is 295 g/mol. The molecule has 1 N–H and O–H groups in total. The van der Waals surface area contributed by atoms with Gasteiger partial charge in [-0.2, -0.15) is 0 Å². The largest absolute Gasteiger partial charge is 0.494 e. The highest BCUT2D eigenvalue weighted by Crippen LogP contribution is 2.14. The number of halogens is 1. The standard InChI is InChI=1S/C16H22FNO3/c17-14-3-5-15(6-4-14)21-10-2-1-9-18-16(19)13-7-11-20-12-8-13/h3-6,13H,1-2,7-12H2,(H,18,19). The Morgan fingerprint density at radius 2 is 1.95 bits per heavy atom. The first-order valence-corrected chi connectivity index (χ1v) is 7.49. The summed E-state index contributed by atoms with van der Waals surface area (Å²) in [7, 11) is 0. The van der Waals surface area contributed by atoms with Crippen molar-refractivity contribution in [1.82, 2.24) is 5.32 Å². The van der Waals surface area contributed by atoms with E-state index in [2.05, 4.69) is 5.32 Å². The Balaban J connectivity index is 1.51. The molecule has 1 aromatic carbocycles. The second-order valence-corrected chi connectivity index (χ2v) is 5.19. The van der Waals surface area contributed by atoms with Gasteiger partial charge in [0.15, 0.2) is 0 Å². The maximum absolute atomic E-state index is 12.7. The van der Waals surface area contributed by atoms with Crippen molar-refractivity contribution in [2.75, 3.05) is 26.4 Å². The van der Waals surface area contributed by atoms with Crippen molar-refractivity contribution in [2.24, 2.45) is 5.92 Å². The Morgan fingerprint density at radius 1 is 1.24 bits per heavy atom. The second kappa shape index (κ2) is 8.62. The highest BCUT2D eigenvalue weighted by molar-refractivity contribution is 5.78. The Morgan fingerprint density at radius 3 is 2.67 bits per heavy atom. The number of rotatable bonds is 7. The van der Waals surface area contributed by atoms with Gasteiger partial charge in [0.25, 0.3) is 0 Å². The molecule has 1 amide bonds. The molecule has 1 aliphatic rings. The fraction of sp³-hybridized carbons (Fsp3) is 0.562. The van der Waals surface area contributed by atoms with Crippen LogP contribution in [0.3, 0.4) is 0 Å². The molecule has 0 radical (unpaired) electrons. The number of unbranched alkanes of at least 4 members (excludes halogenated alkanes) is 1. The SMILES string of the molecule is O=C(NCCCCOc1ccc(F)cc1)C1CCOCC1. The first kappa shape index (κ1) is 15.8. The summed E-state index contributed by atoms with van der Waals surface area (Å²) in [6.45, 7) is 2.61. The molecule has 4 nitrogen and oxygen atoms in total. The van der Waals surface area contributed by atoms with Crippen LogP contribution in [0.1, 0.15) is 25.7 Å². The Hall–Kier alpha value is -1.62. The number of hydrogen-bond acceptors (Lipinski definition) is 3. The molecule has 1 aromatic rings. The van der Waals surface area contributed by atoms with Crippen LogP contribution in [0.4, 0.5) is 4.39 Å². The number of nitrogens with one attached hydrogen (secondary N) is 1. The predicted octanol–water partition coefficient (Wildman–Crippen LogP) is 2.53. The van der Waals surface area contributed by atoms with Crippen molar-refractivity contribution in [2.45, 2.75) is 25.7 Å². The van der Waals surface area contributed by atoms with Crippen LogP contribution in [-0.2, 0) is 9.53 Å². The van der Waals surface area contributed by atoms with E-state index in [-0.39, 0.29) is 17.6 Å². The third kappa shape index (κ3) is 5.71. The first-order chi connectivity index (χ1) is 10.3. The highest BCUT2D eigenvalue weighted by atomic mass is 19.1. The molecule has 0 spiro atoms. The summed E-state index contributed by atoms with van der Waals surface area (Å²) >= 11 is 0. The minimum absolute atomic E-state index is 0.106. The number of hydrogen-bond donors (Lipinski definition) is 1. The van der Waals surface area contributed by atoms with E-state index in [0.29, 0.717) is 32.1 Å². The van der Waals surface area contributed by atoms with Gasteiger partial charge < -0.3 is 14.8 Å². The number of carbonyl (C=O) groups excluding carboxylic acids is 1. The van der Waals surface area contributed by atoms with Gasteiger partial charge in [-0.25, -0.2) is 4.39 Å². The molecule has 0 atom stereocenters. The summed E-state index contributed by atoms with van der Waals surface area (Å²) < 4.78 is 23.4. The highest BCUT2D eigenvalue weighted by Gasteiger charge is 2.20. The number of carbonyl (C=O) groups is 1. The lowest BCUT2D eigenvalue weighted by molar-refractivity contribution is -0.127. The maximum Gasteiger partial charge on any atom is 0.223 e. The lowest BCUT2D eigenvalue weighted by Crippen LogP contribution is -2.34. The zero-order valence-electron chi connectivity index (χ0n) is 12.1. The van der Waals surface area contributed by atoms with Gasteiger partial charge in [-0.1, -0.05) is 0 Å². The van der Waals surface area contributed by atoms with Crippen LogP contribution in [0.5, 0.6) is 5.75 Å². The number of amides is 1. The monoisotopic (exact) mass is 295 g/mol. The smallest absolute Gasteiger partial charge is 0.223 e. The summed E-state index contributed by atoms with van der Waals surface area (Å²) in [5.74, 6) is 0.646. The van der Waals surface area contributed by atoms with E-state index >= 15 is 0 Å².